The van der Waals surface area contributed by atoms with E-state index < -0.39 is 0 Å². The fraction of sp³-hybridized carbons (Fsp3) is 1.00. The van der Waals surface area contributed by atoms with Gasteiger partial charge in [-0.2, -0.15) is 11.8 Å². The van der Waals surface area contributed by atoms with Gasteiger partial charge in [0, 0.05) is 10.5 Å². The van der Waals surface area contributed by atoms with E-state index in [1.807, 2.05) is 0 Å². The van der Waals surface area contributed by atoms with Gasteiger partial charge in [-0.1, -0.05) is 13.8 Å². The highest BCUT2D eigenvalue weighted by Gasteiger charge is 2.42. The lowest BCUT2D eigenvalue weighted by molar-refractivity contribution is 0.365. The maximum atomic E-state index is 2.41. The van der Waals surface area contributed by atoms with Crippen LogP contribution in [-0.4, -0.2) is 10.5 Å². The van der Waals surface area contributed by atoms with E-state index in [2.05, 4.69) is 25.6 Å². The van der Waals surface area contributed by atoms with Crippen molar-refractivity contribution in [3.8, 4) is 0 Å². The van der Waals surface area contributed by atoms with Crippen LogP contribution >= 0.6 is 11.8 Å². The first kappa shape index (κ1) is 6.09. The molecule has 0 unspecified atom stereocenters. The van der Waals surface area contributed by atoms with Gasteiger partial charge in [0.1, 0.15) is 0 Å². The molecule has 0 nitrogen and oxygen atoms in total. The fourth-order valence-corrected chi connectivity index (χ4v) is 4.14. The molecule has 0 aromatic rings. The third-order valence-electron chi connectivity index (χ3n) is 2.83. The second kappa shape index (κ2) is 1.91. The van der Waals surface area contributed by atoms with E-state index in [1.54, 1.807) is 0 Å². The maximum Gasteiger partial charge on any atom is 0.00789 e. The summed E-state index contributed by atoms with van der Waals surface area (Å²) in [6.45, 7) is 4.81. The highest BCUT2D eigenvalue weighted by Crippen LogP contribution is 2.51. The Balaban J connectivity index is 2.10. The first-order chi connectivity index (χ1) is 4.27. The Labute approximate surface area is 61.4 Å². The van der Waals surface area contributed by atoms with Gasteiger partial charge < -0.3 is 0 Å². The molecule has 2 aliphatic heterocycles. The molecule has 0 aromatic carbocycles. The van der Waals surface area contributed by atoms with Crippen LogP contribution in [0.15, 0.2) is 0 Å². The Morgan fingerprint density at radius 2 is 1.44 bits per heavy atom. The molecule has 0 aliphatic carbocycles. The van der Waals surface area contributed by atoms with E-state index in [0.717, 1.165) is 22.3 Å². The van der Waals surface area contributed by atoms with Gasteiger partial charge in [-0.05, 0) is 24.7 Å². The summed E-state index contributed by atoms with van der Waals surface area (Å²) in [6.07, 6.45) is 2.99. The van der Waals surface area contributed by atoms with Crippen molar-refractivity contribution >= 4 is 11.8 Å². The monoisotopic (exact) mass is 142 g/mol. The minimum Gasteiger partial charge on any atom is -0.155 e. The molecule has 0 radical (unpaired) electrons. The average Bonchev–Trinajstić information content (AvgIpc) is 2.24. The zero-order chi connectivity index (χ0) is 6.43. The molecule has 2 heterocycles. The lowest BCUT2D eigenvalue weighted by atomic mass is 9.84. The molecular weight excluding hydrogens is 128 g/mol. The molecule has 0 saturated carbocycles. The number of thioether (sulfide) groups is 1. The minimum atomic E-state index is 1.02. The molecule has 0 amide bonds. The second-order valence-electron chi connectivity index (χ2n) is 3.64. The topological polar surface area (TPSA) is 0 Å². The van der Waals surface area contributed by atoms with Crippen molar-refractivity contribution in [2.75, 3.05) is 0 Å². The molecule has 1 heteroatoms. The molecule has 0 spiro atoms. The largest absolute Gasteiger partial charge is 0.155 e. The van der Waals surface area contributed by atoms with Crippen molar-refractivity contribution in [3.05, 3.63) is 0 Å². The van der Waals surface area contributed by atoms with Crippen molar-refractivity contribution in [2.24, 2.45) is 11.8 Å². The van der Waals surface area contributed by atoms with Gasteiger partial charge in [0.15, 0.2) is 0 Å². The van der Waals surface area contributed by atoms with Crippen molar-refractivity contribution in [1.82, 2.24) is 0 Å². The molecule has 4 atom stereocenters. The first-order valence-electron chi connectivity index (χ1n) is 3.93. The second-order valence-corrected chi connectivity index (χ2v) is 5.12. The van der Waals surface area contributed by atoms with Gasteiger partial charge in [-0.15, -0.1) is 0 Å². The van der Waals surface area contributed by atoms with Crippen LogP contribution in [0.1, 0.15) is 26.7 Å². The summed E-state index contributed by atoms with van der Waals surface area (Å²) in [6, 6.07) is 0. The van der Waals surface area contributed by atoms with Crippen LogP contribution in [0, 0.1) is 11.8 Å². The zero-order valence-corrected chi connectivity index (χ0v) is 6.95. The quantitative estimate of drug-likeness (QED) is 0.501. The highest BCUT2D eigenvalue weighted by atomic mass is 32.2. The predicted octanol–water partition coefficient (Wildman–Crippen LogP) is 2.54. The van der Waals surface area contributed by atoms with Crippen LogP contribution in [0.2, 0.25) is 0 Å². The smallest absolute Gasteiger partial charge is 0.00789 e. The van der Waals surface area contributed by atoms with Crippen LogP contribution in [0.3, 0.4) is 0 Å². The lowest BCUT2D eigenvalue weighted by Crippen LogP contribution is -2.18. The van der Waals surface area contributed by atoms with E-state index in [0.29, 0.717) is 0 Å². The summed E-state index contributed by atoms with van der Waals surface area (Å²) >= 11 is 2.25. The summed E-state index contributed by atoms with van der Waals surface area (Å²) in [4.78, 5) is 0. The number of rotatable bonds is 0. The SMILES string of the molecule is C[C@@H]1C[C@@H]2S[C@H]1C[C@H]2C. The maximum absolute atomic E-state index is 2.41. The van der Waals surface area contributed by atoms with Crippen molar-refractivity contribution in [3.63, 3.8) is 0 Å². The van der Waals surface area contributed by atoms with Crippen LogP contribution in [0.25, 0.3) is 0 Å². The molecule has 2 aliphatic rings. The molecule has 2 bridgehead atoms. The Kier molecular flexibility index (Phi) is 1.29. The summed E-state index contributed by atoms with van der Waals surface area (Å²) < 4.78 is 0. The van der Waals surface area contributed by atoms with Crippen molar-refractivity contribution < 1.29 is 0 Å². The predicted molar refractivity (Wildman–Crippen MR) is 42.7 cm³/mol. The Bertz CT molecular complexity index is 104. The fourth-order valence-electron chi connectivity index (χ4n) is 2.10. The van der Waals surface area contributed by atoms with Gasteiger partial charge in [0.2, 0.25) is 0 Å². The van der Waals surface area contributed by atoms with Crippen LogP contribution in [-0.2, 0) is 0 Å². The summed E-state index contributed by atoms with van der Waals surface area (Å²) in [7, 11) is 0. The average molecular weight is 142 g/mol. The zero-order valence-electron chi connectivity index (χ0n) is 6.13. The molecule has 9 heavy (non-hydrogen) atoms. The van der Waals surface area contributed by atoms with Crippen LogP contribution in [0.5, 0.6) is 0 Å². The molecule has 0 N–H and O–H groups in total. The van der Waals surface area contributed by atoms with E-state index in [9.17, 15) is 0 Å². The summed E-state index contributed by atoms with van der Waals surface area (Å²) in [5, 5.41) is 2.06. The summed E-state index contributed by atoms with van der Waals surface area (Å²) in [5.41, 5.74) is 0. The summed E-state index contributed by atoms with van der Waals surface area (Å²) in [5.74, 6) is 2.05. The van der Waals surface area contributed by atoms with E-state index in [1.165, 1.54) is 12.8 Å². The third-order valence-corrected chi connectivity index (χ3v) is 4.84. The molecule has 2 rings (SSSR count). The van der Waals surface area contributed by atoms with Crippen LogP contribution < -0.4 is 0 Å². The van der Waals surface area contributed by atoms with Gasteiger partial charge in [0.05, 0.1) is 0 Å². The molecule has 2 saturated heterocycles. The van der Waals surface area contributed by atoms with E-state index in [-0.39, 0.29) is 0 Å². The van der Waals surface area contributed by atoms with E-state index >= 15 is 0 Å². The molecule has 0 aromatic heterocycles. The van der Waals surface area contributed by atoms with Gasteiger partial charge in [-0.3, -0.25) is 0 Å². The number of fused-ring (bicyclic) bond motifs is 2. The number of hydrogen-bond donors (Lipinski definition) is 0. The van der Waals surface area contributed by atoms with Gasteiger partial charge in [-0.25, -0.2) is 0 Å². The Hall–Kier alpha value is 0.350. The van der Waals surface area contributed by atoms with E-state index in [4.69, 9.17) is 0 Å². The van der Waals surface area contributed by atoms with Gasteiger partial charge in [0.25, 0.3) is 0 Å². The third kappa shape index (κ3) is 0.813. The Morgan fingerprint density at radius 3 is 1.67 bits per heavy atom. The normalized spacial score (nSPS) is 56.7. The van der Waals surface area contributed by atoms with Crippen LogP contribution in [0.4, 0.5) is 0 Å². The lowest BCUT2D eigenvalue weighted by Gasteiger charge is -2.19. The van der Waals surface area contributed by atoms with Gasteiger partial charge >= 0.3 is 0 Å². The Morgan fingerprint density at radius 1 is 1.00 bits per heavy atom. The molecular formula is C8H14S. The standard InChI is InChI=1S/C8H14S/c1-5-3-8-6(2)4-7(5)9-8/h5-8H,3-4H2,1-2H3/t5-,6-,7+,8+/m1/s1. The molecule has 2 fully saturated rings. The number of hydrogen-bond acceptors (Lipinski definition) is 1. The van der Waals surface area contributed by atoms with Crippen molar-refractivity contribution in [1.29, 1.82) is 0 Å². The highest BCUT2D eigenvalue weighted by molar-refractivity contribution is 8.01. The van der Waals surface area contributed by atoms with Crippen molar-refractivity contribution in [2.45, 2.75) is 37.2 Å². The molecule has 52 valence electrons. The first-order valence-corrected chi connectivity index (χ1v) is 4.87. The minimum absolute atomic E-state index is 1.02.